The summed E-state index contributed by atoms with van der Waals surface area (Å²) in [4.78, 5) is 0. The first kappa shape index (κ1) is 13.9. The van der Waals surface area contributed by atoms with Gasteiger partial charge in [0.15, 0.2) is 0 Å². The number of hydrogen-bond acceptors (Lipinski definition) is 4. The molecule has 0 aliphatic carbocycles. The third-order valence-corrected chi connectivity index (χ3v) is 4.54. The van der Waals surface area contributed by atoms with Crippen molar-refractivity contribution in [2.75, 3.05) is 12.4 Å². The van der Waals surface area contributed by atoms with Gasteiger partial charge in [0.1, 0.15) is 0 Å². The van der Waals surface area contributed by atoms with Crippen molar-refractivity contribution in [2.45, 2.75) is 51.4 Å². The second-order valence-electron chi connectivity index (χ2n) is 4.92. The van der Waals surface area contributed by atoms with Gasteiger partial charge in [-0.2, -0.15) is 0 Å². The molecule has 0 aromatic carbocycles. The van der Waals surface area contributed by atoms with Gasteiger partial charge >= 0.3 is 0 Å². The van der Waals surface area contributed by atoms with E-state index in [-0.39, 0.29) is 11.9 Å². The zero-order valence-electron chi connectivity index (χ0n) is 10.1. The minimum atomic E-state index is -3.40. The van der Waals surface area contributed by atoms with E-state index >= 15 is 0 Å². The zero-order valence-corrected chi connectivity index (χ0v) is 10.9. The molecule has 5 nitrogen and oxygen atoms in total. The average molecular weight is 251 g/mol. The number of aliphatic hydroxyl groups is 1. The molecule has 0 aromatic heterocycles. The van der Waals surface area contributed by atoms with E-state index in [4.69, 9.17) is 4.74 Å². The summed E-state index contributed by atoms with van der Waals surface area (Å²) in [7, 11) is -3.40. The van der Waals surface area contributed by atoms with E-state index in [0.29, 0.717) is 6.61 Å². The van der Waals surface area contributed by atoms with Gasteiger partial charge < -0.3 is 9.84 Å². The van der Waals surface area contributed by atoms with Crippen LogP contribution in [-0.4, -0.2) is 43.6 Å². The molecule has 0 spiro atoms. The SMILES string of the molecule is CC(O)C(C)(C)NS(=O)(=O)CC1CCCO1. The van der Waals surface area contributed by atoms with E-state index in [9.17, 15) is 13.5 Å². The Morgan fingerprint density at radius 3 is 2.62 bits per heavy atom. The fraction of sp³-hybridized carbons (Fsp3) is 1.00. The molecule has 1 fully saturated rings. The van der Waals surface area contributed by atoms with Crippen molar-refractivity contribution >= 4 is 10.0 Å². The summed E-state index contributed by atoms with van der Waals surface area (Å²) in [5.41, 5.74) is -0.850. The number of nitrogens with one attached hydrogen (secondary N) is 1. The van der Waals surface area contributed by atoms with Gasteiger partial charge in [-0.3, -0.25) is 0 Å². The molecule has 96 valence electrons. The normalized spacial score (nSPS) is 24.6. The van der Waals surface area contributed by atoms with Crippen LogP contribution in [0.4, 0.5) is 0 Å². The summed E-state index contributed by atoms with van der Waals surface area (Å²) < 4.78 is 31.4. The fourth-order valence-electron chi connectivity index (χ4n) is 1.55. The van der Waals surface area contributed by atoms with E-state index in [1.165, 1.54) is 0 Å². The number of sulfonamides is 1. The Balaban J connectivity index is 2.57. The molecule has 2 unspecified atom stereocenters. The van der Waals surface area contributed by atoms with Gasteiger partial charge in [-0.25, -0.2) is 13.1 Å². The minimum absolute atomic E-state index is 0.0247. The standard InChI is InChI=1S/C10H21NO4S/c1-8(12)10(2,3)11-16(13,14)7-9-5-4-6-15-9/h8-9,11-12H,4-7H2,1-3H3. The fourth-order valence-corrected chi connectivity index (χ4v) is 3.36. The molecular formula is C10H21NO4S. The first-order valence-electron chi connectivity index (χ1n) is 5.54. The lowest BCUT2D eigenvalue weighted by atomic mass is 10.0. The lowest BCUT2D eigenvalue weighted by molar-refractivity contribution is 0.109. The molecule has 1 heterocycles. The van der Waals surface area contributed by atoms with Gasteiger partial charge in [-0.05, 0) is 33.6 Å². The summed E-state index contributed by atoms with van der Waals surface area (Å²) in [5, 5.41) is 9.45. The Labute approximate surface area is 97.2 Å². The highest BCUT2D eigenvalue weighted by atomic mass is 32.2. The van der Waals surface area contributed by atoms with Gasteiger partial charge in [-0.15, -0.1) is 0 Å². The van der Waals surface area contributed by atoms with Crippen LogP contribution >= 0.6 is 0 Å². The van der Waals surface area contributed by atoms with Crippen LogP contribution < -0.4 is 4.72 Å². The quantitative estimate of drug-likeness (QED) is 0.734. The summed E-state index contributed by atoms with van der Waals surface area (Å²) in [5.74, 6) is -0.0247. The van der Waals surface area contributed by atoms with Crippen LogP contribution in [-0.2, 0) is 14.8 Å². The monoisotopic (exact) mass is 251 g/mol. The summed E-state index contributed by atoms with van der Waals surface area (Å²) in [6.07, 6.45) is 0.754. The Bertz CT molecular complexity index is 318. The first-order valence-corrected chi connectivity index (χ1v) is 7.19. The Hall–Kier alpha value is -0.170. The minimum Gasteiger partial charge on any atom is -0.391 e. The molecule has 2 N–H and O–H groups in total. The van der Waals surface area contributed by atoms with Gasteiger partial charge in [0.2, 0.25) is 10.0 Å². The maximum Gasteiger partial charge on any atom is 0.214 e. The van der Waals surface area contributed by atoms with Crippen molar-refractivity contribution in [2.24, 2.45) is 0 Å². The summed E-state index contributed by atoms with van der Waals surface area (Å²) >= 11 is 0. The number of aliphatic hydroxyl groups excluding tert-OH is 1. The first-order chi connectivity index (χ1) is 7.23. The molecule has 1 aliphatic heterocycles. The van der Waals surface area contributed by atoms with Crippen LogP contribution in [0, 0.1) is 0 Å². The van der Waals surface area contributed by atoms with Crippen LogP contribution in [0.3, 0.4) is 0 Å². The predicted molar refractivity (Wildman–Crippen MR) is 61.7 cm³/mol. The highest BCUT2D eigenvalue weighted by molar-refractivity contribution is 7.89. The third-order valence-electron chi connectivity index (χ3n) is 2.89. The Morgan fingerprint density at radius 1 is 1.56 bits per heavy atom. The number of hydrogen-bond donors (Lipinski definition) is 2. The molecule has 0 bridgehead atoms. The van der Waals surface area contributed by atoms with Crippen molar-refractivity contribution in [3.63, 3.8) is 0 Å². The van der Waals surface area contributed by atoms with Gasteiger partial charge in [-0.1, -0.05) is 0 Å². The topological polar surface area (TPSA) is 75.6 Å². The van der Waals surface area contributed by atoms with Gasteiger partial charge in [0.05, 0.1) is 23.5 Å². The molecule has 0 radical (unpaired) electrons. The van der Waals surface area contributed by atoms with Crippen molar-refractivity contribution in [1.82, 2.24) is 4.72 Å². The van der Waals surface area contributed by atoms with E-state index in [0.717, 1.165) is 12.8 Å². The highest BCUT2D eigenvalue weighted by Crippen LogP contribution is 2.16. The van der Waals surface area contributed by atoms with E-state index in [2.05, 4.69) is 4.72 Å². The Kier molecular flexibility index (Phi) is 4.34. The van der Waals surface area contributed by atoms with Crippen LogP contribution in [0.1, 0.15) is 33.6 Å². The Morgan fingerprint density at radius 2 is 2.19 bits per heavy atom. The molecule has 1 aliphatic rings. The van der Waals surface area contributed by atoms with Gasteiger partial charge in [0, 0.05) is 6.61 Å². The molecule has 16 heavy (non-hydrogen) atoms. The smallest absolute Gasteiger partial charge is 0.214 e. The van der Waals surface area contributed by atoms with Crippen molar-refractivity contribution in [3.05, 3.63) is 0 Å². The predicted octanol–water partition coefficient (Wildman–Crippen LogP) is 0.244. The van der Waals surface area contributed by atoms with Gasteiger partial charge in [0.25, 0.3) is 0 Å². The average Bonchev–Trinajstić information content (AvgIpc) is 2.52. The van der Waals surface area contributed by atoms with Crippen molar-refractivity contribution in [3.8, 4) is 0 Å². The zero-order chi connectivity index (χ0) is 12.4. The van der Waals surface area contributed by atoms with Crippen LogP contribution in [0.25, 0.3) is 0 Å². The van der Waals surface area contributed by atoms with E-state index in [1.54, 1.807) is 20.8 Å². The largest absolute Gasteiger partial charge is 0.391 e. The lowest BCUT2D eigenvalue weighted by Crippen LogP contribution is -2.52. The second kappa shape index (κ2) is 5.00. The number of ether oxygens (including phenoxy) is 1. The number of rotatable bonds is 5. The lowest BCUT2D eigenvalue weighted by Gasteiger charge is -2.29. The molecular weight excluding hydrogens is 230 g/mol. The third kappa shape index (κ3) is 4.01. The summed E-state index contributed by atoms with van der Waals surface area (Å²) in [6.45, 7) is 5.52. The van der Waals surface area contributed by atoms with E-state index < -0.39 is 21.7 Å². The van der Waals surface area contributed by atoms with Crippen LogP contribution in [0.2, 0.25) is 0 Å². The molecule has 1 saturated heterocycles. The molecule has 0 amide bonds. The summed E-state index contributed by atoms with van der Waals surface area (Å²) in [6, 6.07) is 0. The molecule has 1 rings (SSSR count). The molecule has 0 saturated carbocycles. The van der Waals surface area contributed by atoms with Crippen LogP contribution in [0.5, 0.6) is 0 Å². The molecule has 2 atom stereocenters. The molecule has 0 aromatic rings. The van der Waals surface area contributed by atoms with E-state index in [1.807, 2.05) is 0 Å². The van der Waals surface area contributed by atoms with Crippen molar-refractivity contribution in [1.29, 1.82) is 0 Å². The maximum absolute atomic E-state index is 11.8. The molecule has 6 heteroatoms. The maximum atomic E-state index is 11.8. The van der Waals surface area contributed by atoms with Crippen molar-refractivity contribution < 1.29 is 18.3 Å². The van der Waals surface area contributed by atoms with Crippen LogP contribution in [0.15, 0.2) is 0 Å². The second-order valence-corrected chi connectivity index (χ2v) is 6.68. The highest BCUT2D eigenvalue weighted by Gasteiger charge is 2.31.